The van der Waals surface area contributed by atoms with Crippen LogP contribution < -0.4 is 0 Å². The minimum absolute atomic E-state index is 0.0603. The SMILES string of the molecule is CC(=NOC(=O)C(C)(C)C)c1cc(C(C)(C)C)cc2c1CCC2(C)C. The standard InChI is InChI=1S/C22H33NO2/c1-14(23-25-19(24)21(5,6)7)17-12-15(20(2,3)4)13-18-16(17)10-11-22(18,8)9/h12-13H,10-11H2,1-9H3. The normalized spacial score (nSPS) is 17.4. The topological polar surface area (TPSA) is 38.7 Å². The van der Waals surface area contributed by atoms with E-state index in [0.717, 1.165) is 24.1 Å². The lowest BCUT2D eigenvalue weighted by atomic mass is 9.79. The zero-order chi connectivity index (χ0) is 19.2. The number of carbonyl (C=O) groups is 1. The summed E-state index contributed by atoms with van der Waals surface area (Å²) >= 11 is 0. The zero-order valence-corrected chi connectivity index (χ0v) is 17.3. The van der Waals surface area contributed by atoms with Crippen LogP contribution in [0.25, 0.3) is 0 Å². The maximum absolute atomic E-state index is 12.0. The molecule has 138 valence electrons. The van der Waals surface area contributed by atoms with Crippen LogP contribution in [0.2, 0.25) is 0 Å². The molecule has 0 heterocycles. The van der Waals surface area contributed by atoms with Crippen LogP contribution in [0.5, 0.6) is 0 Å². The Kier molecular flexibility index (Phi) is 4.93. The van der Waals surface area contributed by atoms with Crippen molar-refractivity contribution in [3.05, 3.63) is 34.4 Å². The number of oxime groups is 1. The highest BCUT2D eigenvalue weighted by molar-refractivity contribution is 6.01. The molecule has 3 nitrogen and oxygen atoms in total. The molecule has 0 radical (unpaired) electrons. The Morgan fingerprint density at radius 1 is 1.12 bits per heavy atom. The van der Waals surface area contributed by atoms with Gasteiger partial charge in [0.05, 0.1) is 11.1 Å². The van der Waals surface area contributed by atoms with Gasteiger partial charge in [-0.15, -0.1) is 0 Å². The number of rotatable bonds is 2. The summed E-state index contributed by atoms with van der Waals surface area (Å²) in [6.07, 6.45) is 2.18. The van der Waals surface area contributed by atoms with Crippen LogP contribution in [0.4, 0.5) is 0 Å². The van der Waals surface area contributed by atoms with E-state index in [4.69, 9.17) is 4.84 Å². The van der Waals surface area contributed by atoms with Crippen molar-refractivity contribution in [2.45, 2.75) is 86.0 Å². The Bertz CT molecular complexity index is 713. The molecule has 1 aromatic rings. The summed E-state index contributed by atoms with van der Waals surface area (Å²) < 4.78 is 0. The Morgan fingerprint density at radius 3 is 2.24 bits per heavy atom. The van der Waals surface area contributed by atoms with Gasteiger partial charge in [0, 0.05) is 5.56 Å². The first-order chi connectivity index (χ1) is 11.2. The minimum Gasteiger partial charge on any atom is -0.317 e. The van der Waals surface area contributed by atoms with Gasteiger partial charge in [-0.2, -0.15) is 0 Å². The first-order valence-electron chi connectivity index (χ1n) is 9.18. The molecule has 0 saturated carbocycles. The van der Waals surface area contributed by atoms with Gasteiger partial charge in [-0.1, -0.05) is 45.8 Å². The summed E-state index contributed by atoms with van der Waals surface area (Å²) in [7, 11) is 0. The van der Waals surface area contributed by atoms with Crippen molar-refractivity contribution in [1.29, 1.82) is 0 Å². The Hall–Kier alpha value is -1.64. The molecule has 3 heteroatoms. The van der Waals surface area contributed by atoms with Crippen LogP contribution in [0, 0.1) is 5.41 Å². The van der Waals surface area contributed by atoms with Gasteiger partial charge in [-0.25, -0.2) is 4.79 Å². The summed E-state index contributed by atoms with van der Waals surface area (Å²) in [6.45, 7) is 18.7. The van der Waals surface area contributed by atoms with Crippen molar-refractivity contribution in [3.8, 4) is 0 Å². The van der Waals surface area contributed by atoms with Crippen LogP contribution in [0.15, 0.2) is 17.3 Å². The lowest BCUT2D eigenvalue weighted by Gasteiger charge is -2.26. The van der Waals surface area contributed by atoms with E-state index >= 15 is 0 Å². The molecular formula is C22H33NO2. The Morgan fingerprint density at radius 2 is 1.72 bits per heavy atom. The van der Waals surface area contributed by atoms with Gasteiger partial charge >= 0.3 is 5.97 Å². The number of nitrogens with zero attached hydrogens (tertiary/aromatic N) is 1. The van der Waals surface area contributed by atoms with Crippen molar-refractivity contribution in [2.75, 3.05) is 0 Å². The molecule has 1 aliphatic rings. The van der Waals surface area contributed by atoms with E-state index in [9.17, 15) is 4.79 Å². The highest BCUT2D eigenvalue weighted by Gasteiger charge is 2.33. The van der Waals surface area contributed by atoms with Crippen molar-refractivity contribution in [1.82, 2.24) is 0 Å². The van der Waals surface area contributed by atoms with E-state index in [-0.39, 0.29) is 16.8 Å². The third-order valence-corrected chi connectivity index (χ3v) is 5.11. The molecule has 0 N–H and O–H groups in total. The third-order valence-electron chi connectivity index (χ3n) is 5.11. The van der Waals surface area contributed by atoms with E-state index in [0.29, 0.717) is 0 Å². The second kappa shape index (κ2) is 6.26. The summed E-state index contributed by atoms with van der Waals surface area (Å²) in [5, 5.41) is 4.18. The average molecular weight is 344 g/mol. The van der Waals surface area contributed by atoms with Gasteiger partial charge in [0.15, 0.2) is 0 Å². The highest BCUT2D eigenvalue weighted by Crippen LogP contribution is 2.42. The molecule has 0 saturated heterocycles. The van der Waals surface area contributed by atoms with E-state index in [2.05, 4.69) is 51.9 Å². The van der Waals surface area contributed by atoms with Gasteiger partial charge in [-0.05, 0) is 74.1 Å². The van der Waals surface area contributed by atoms with Crippen LogP contribution in [-0.2, 0) is 26.9 Å². The van der Waals surface area contributed by atoms with Gasteiger partial charge < -0.3 is 4.84 Å². The number of hydrogen-bond acceptors (Lipinski definition) is 3. The molecular weight excluding hydrogens is 310 g/mol. The van der Waals surface area contributed by atoms with Crippen LogP contribution in [0.3, 0.4) is 0 Å². The van der Waals surface area contributed by atoms with Gasteiger partial charge in [0.1, 0.15) is 0 Å². The van der Waals surface area contributed by atoms with E-state index < -0.39 is 5.41 Å². The summed E-state index contributed by atoms with van der Waals surface area (Å²) in [5.41, 5.74) is 5.64. The first kappa shape index (κ1) is 19.7. The molecule has 0 bridgehead atoms. The summed E-state index contributed by atoms with van der Waals surface area (Å²) in [6, 6.07) is 4.59. The molecule has 0 fully saturated rings. The number of fused-ring (bicyclic) bond motifs is 1. The molecule has 0 atom stereocenters. The third kappa shape index (κ3) is 4.13. The zero-order valence-electron chi connectivity index (χ0n) is 17.3. The maximum atomic E-state index is 12.0. The monoisotopic (exact) mass is 343 g/mol. The fourth-order valence-corrected chi connectivity index (χ4v) is 3.17. The molecule has 1 aromatic carbocycles. The molecule has 0 aliphatic heterocycles. The van der Waals surface area contributed by atoms with Crippen LogP contribution in [0.1, 0.15) is 91.0 Å². The molecule has 0 spiro atoms. The summed E-state index contributed by atoms with van der Waals surface area (Å²) in [5.74, 6) is -0.309. The molecule has 0 unspecified atom stereocenters. The average Bonchev–Trinajstić information content (AvgIpc) is 2.77. The first-order valence-corrected chi connectivity index (χ1v) is 9.18. The Labute approximate surface area is 152 Å². The maximum Gasteiger partial charge on any atom is 0.340 e. The van der Waals surface area contributed by atoms with Crippen LogP contribution in [-0.4, -0.2) is 11.7 Å². The number of carbonyl (C=O) groups excluding carboxylic acids is 1. The largest absolute Gasteiger partial charge is 0.340 e. The molecule has 1 aliphatic carbocycles. The quantitative estimate of drug-likeness (QED) is 0.403. The molecule has 25 heavy (non-hydrogen) atoms. The predicted molar refractivity (Wildman–Crippen MR) is 104 cm³/mol. The fraction of sp³-hybridized carbons (Fsp3) is 0.636. The van der Waals surface area contributed by atoms with Gasteiger partial charge in [0.25, 0.3) is 0 Å². The molecule has 2 rings (SSSR count). The smallest absolute Gasteiger partial charge is 0.317 e. The number of benzene rings is 1. The van der Waals surface area contributed by atoms with E-state index in [1.807, 2.05) is 27.7 Å². The van der Waals surface area contributed by atoms with Crippen LogP contribution >= 0.6 is 0 Å². The van der Waals surface area contributed by atoms with Crippen molar-refractivity contribution < 1.29 is 9.63 Å². The summed E-state index contributed by atoms with van der Waals surface area (Å²) in [4.78, 5) is 17.2. The second-order valence-electron chi connectivity index (χ2n) is 9.99. The Balaban J connectivity index is 2.50. The van der Waals surface area contributed by atoms with E-state index in [1.165, 1.54) is 16.7 Å². The van der Waals surface area contributed by atoms with Crippen molar-refractivity contribution in [2.24, 2.45) is 10.6 Å². The lowest BCUT2D eigenvalue weighted by molar-refractivity contribution is -0.152. The number of hydrogen-bond donors (Lipinski definition) is 0. The van der Waals surface area contributed by atoms with Crippen molar-refractivity contribution >= 4 is 11.7 Å². The molecule has 0 aromatic heterocycles. The van der Waals surface area contributed by atoms with Gasteiger partial charge in [-0.3, -0.25) is 0 Å². The molecule has 0 amide bonds. The van der Waals surface area contributed by atoms with E-state index in [1.54, 1.807) is 0 Å². The minimum atomic E-state index is -0.555. The van der Waals surface area contributed by atoms with Crippen molar-refractivity contribution in [3.63, 3.8) is 0 Å². The second-order valence-corrected chi connectivity index (χ2v) is 9.99. The fourth-order valence-electron chi connectivity index (χ4n) is 3.17. The predicted octanol–water partition coefficient (Wildman–Crippen LogP) is 5.52. The highest BCUT2D eigenvalue weighted by atomic mass is 16.7. The van der Waals surface area contributed by atoms with Gasteiger partial charge in [0.2, 0.25) is 0 Å². The lowest BCUT2D eigenvalue weighted by Crippen LogP contribution is -2.22.